The number of nitrogens with zero attached hydrogens (tertiary/aromatic N) is 6. The number of aromatic amines is 2. The Hall–Kier alpha value is -5.02. The Morgan fingerprint density at radius 3 is 1.36 bits per heavy atom. The summed E-state index contributed by atoms with van der Waals surface area (Å²) in [6, 6.07) is 28.1. The van der Waals surface area contributed by atoms with Crippen LogP contribution in [0, 0.1) is 0 Å². The summed E-state index contributed by atoms with van der Waals surface area (Å²) in [6.07, 6.45) is 0. The number of H-pyrrole nitrogens is 2. The molecule has 15 heteroatoms. The van der Waals surface area contributed by atoms with Crippen molar-refractivity contribution in [2.75, 3.05) is 4.72 Å². The van der Waals surface area contributed by atoms with Gasteiger partial charge in [-0.25, -0.2) is 29.9 Å². The van der Waals surface area contributed by atoms with Gasteiger partial charge in [-0.15, -0.1) is 0 Å². The predicted molar refractivity (Wildman–Crippen MR) is 171 cm³/mol. The van der Waals surface area contributed by atoms with Gasteiger partial charge in [-0.2, -0.15) is 8.42 Å². The molecular weight excluding hydrogens is 705 g/mol. The van der Waals surface area contributed by atoms with Gasteiger partial charge in [-0.1, -0.05) is 84.9 Å². The first-order valence-electron chi connectivity index (χ1n) is 13.9. The number of hydrogen-bond donors (Lipinski definition) is 4. The van der Waals surface area contributed by atoms with Crippen molar-refractivity contribution in [3.8, 4) is 45.6 Å². The van der Waals surface area contributed by atoms with Crippen molar-refractivity contribution >= 4 is 60.1 Å². The molecule has 5 heterocycles. The Labute approximate surface area is 286 Å². The van der Waals surface area contributed by atoms with E-state index >= 15 is 0 Å². The van der Waals surface area contributed by atoms with Crippen LogP contribution in [0.1, 0.15) is 0 Å². The standard InChI is InChI=1S/C32H19N9O3S.Co.Fe/c42-45(43,44)41-23-15-7-14-22-24(23)32-39-30-21-13-6-5-12-20(21)28(37-30)35-26-17-9-2-1-8-16(17)25(33-26)34-27-18-10-3-4-11-19(18)29(36-27)38-31(22)40-32;;/h1-15,41H,(H,42,43,44)(H2,33,34,35,36,37,38,39,40);;. The van der Waals surface area contributed by atoms with Gasteiger partial charge in [0.05, 0.1) is 11.1 Å². The van der Waals surface area contributed by atoms with Gasteiger partial charge in [-0.05, 0) is 6.07 Å². The van der Waals surface area contributed by atoms with Gasteiger partial charge < -0.3 is 9.97 Å². The molecule has 7 aromatic rings. The maximum absolute atomic E-state index is 11.9. The molecule has 0 spiro atoms. The van der Waals surface area contributed by atoms with Crippen LogP contribution in [0.25, 0.3) is 89.7 Å². The van der Waals surface area contributed by atoms with Crippen molar-refractivity contribution in [2.24, 2.45) is 0 Å². The zero-order valence-corrected chi connectivity index (χ0v) is 26.7. The Balaban J connectivity index is 0.00000176. The number of hydrogen-bond acceptors (Lipinski definition) is 8. The van der Waals surface area contributed by atoms with E-state index in [1.807, 2.05) is 72.8 Å². The molecule has 0 amide bonds. The molecule has 233 valence electrons. The summed E-state index contributed by atoms with van der Waals surface area (Å²) in [5, 5.41) is 2.69. The van der Waals surface area contributed by atoms with Gasteiger partial charge in [0, 0.05) is 72.3 Å². The second-order valence-corrected chi connectivity index (χ2v) is 11.7. The van der Waals surface area contributed by atoms with Crippen LogP contribution in [0.5, 0.6) is 0 Å². The summed E-state index contributed by atoms with van der Waals surface area (Å²) < 4.78 is 35.7. The number of nitrogens with one attached hydrogen (secondary N) is 3. The minimum atomic E-state index is -4.60. The van der Waals surface area contributed by atoms with E-state index in [2.05, 4.69) is 14.7 Å². The van der Waals surface area contributed by atoms with Gasteiger partial charge in [0.2, 0.25) is 0 Å². The molecule has 9 rings (SSSR count). The van der Waals surface area contributed by atoms with Crippen LogP contribution < -0.4 is 4.72 Å². The minimum Gasteiger partial charge on any atom is -0.324 e. The Bertz CT molecular complexity index is 2690. The number of rotatable bonds is 2. The van der Waals surface area contributed by atoms with E-state index in [-0.39, 0.29) is 45.2 Å². The van der Waals surface area contributed by atoms with Crippen LogP contribution in [0.15, 0.2) is 91.0 Å². The molecule has 12 nitrogen and oxygen atoms in total. The number of fused-ring (bicyclic) bond motifs is 20. The minimum absolute atomic E-state index is 0. The smallest absolute Gasteiger partial charge is 0.324 e. The second-order valence-electron chi connectivity index (χ2n) is 10.6. The molecule has 0 unspecified atom stereocenters. The molecule has 0 fully saturated rings. The maximum Gasteiger partial charge on any atom is 0.357 e. The van der Waals surface area contributed by atoms with E-state index in [0.29, 0.717) is 51.0 Å². The van der Waals surface area contributed by atoms with Crippen LogP contribution in [-0.2, 0) is 44.2 Å². The third-order valence-corrected chi connectivity index (χ3v) is 8.30. The van der Waals surface area contributed by atoms with Crippen molar-refractivity contribution in [1.29, 1.82) is 0 Å². The molecule has 0 atom stereocenters. The van der Waals surface area contributed by atoms with Gasteiger partial charge >= 0.3 is 10.3 Å². The predicted octanol–water partition coefficient (Wildman–Crippen LogP) is 6.08. The first-order valence-corrected chi connectivity index (χ1v) is 15.3. The second kappa shape index (κ2) is 11.3. The molecule has 3 aromatic heterocycles. The fraction of sp³-hybridized carbons (Fsp3) is 0. The molecule has 47 heavy (non-hydrogen) atoms. The van der Waals surface area contributed by atoms with Crippen molar-refractivity contribution in [2.45, 2.75) is 0 Å². The van der Waals surface area contributed by atoms with E-state index in [9.17, 15) is 13.0 Å². The molecular formula is C32H19CoFeN9O3S. The average molecular weight is 724 g/mol. The summed E-state index contributed by atoms with van der Waals surface area (Å²) in [5.74, 6) is 1.71. The first-order chi connectivity index (χ1) is 21.9. The molecule has 2 aliphatic heterocycles. The monoisotopic (exact) mass is 724 g/mol. The quantitative estimate of drug-likeness (QED) is 0.122. The third-order valence-electron chi connectivity index (χ3n) is 7.82. The fourth-order valence-electron chi connectivity index (χ4n) is 5.91. The van der Waals surface area contributed by atoms with Crippen molar-refractivity contribution in [1.82, 2.24) is 39.9 Å². The Morgan fingerprint density at radius 1 is 0.511 bits per heavy atom. The van der Waals surface area contributed by atoms with E-state index in [4.69, 9.17) is 29.9 Å². The summed E-state index contributed by atoms with van der Waals surface area (Å²) in [7, 11) is -4.60. The maximum atomic E-state index is 11.9. The topological polar surface area (TPSA) is 175 Å². The van der Waals surface area contributed by atoms with Gasteiger partial charge in [0.15, 0.2) is 23.3 Å². The van der Waals surface area contributed by atoms with Crippen molar-refractivity contribution in [3.05, 3.63) is 91.0 Å². The summed E-state index contributed by atoms with van der Waals surface area (Å²) in [6.45, 7) is 0. The third kappa shape index (κ3) is 5.05. The molecule has 8 bridgehead atoms. The zero-order valence-electron chi connectivity index (χ0n) is 23.7. The largest absolute Gasteiger partial charge is 0.357 e. The van der Waals surface area contributed by atoms with E-state index in [0.717, 1.165) is 33.0 Å². The molecule has 1 radical (unpaired) electrons. The summed E-state index contributed by atoms with van der Waals surface area (Å²) in [5.41, 5.74) is 5.08. The van der Waals surface area contributed by atoms with Gasteiger partial charge in [0.25, 0.3) is 0 Å². The molecule has 0 saturated carbocycles. The molecule has 4 aromatic carbocycles. The normalized spacial score (nSPS) is 11.8. The van der Waals surface area contributed by atoms with Crippen LogP contribution in [0.2, 0.25) is 0 Å². The van der Waals surface area contributed by atoms with Crippen LogP contribution in [0.3, 0.4) is 0 Å². The van der Waals surface area contributed by atoms with E-state index in [1.54, 1.807) is 12.1 Å². The van der Waals surface area contributed by atoms with Crippen molar-refractivity contribution < 1.29 is 46.8 Å². The van der Waals surface area contributed by atoms with Crippen molar-refractivity contribution in [3.63, 3.8) is 0 Å². The first kappa shape index (κ1) is 30.6. The SMILES string of the molecule is O=S(=O)(O)Nc1cccc2c3nc4nc(nc5[nH]c(nc6nc(nc([nH]3)c12)-c1ccccc1-6)c1ccccc51)-c1ccccc1-4.[Co].[Fe]. The summed E-state index contributed by atoms with van der Waals surface area (Å²) in [4.78, 5) is 36.0. The Morgan fingerprint density at radius 2 is 0.894 bits per heavy atom. The van der Waals surface area contributed by atoms with Crippen LogP contribution in [-0.4, -0.2) is 52.8 Å². The van der Waals surface area contributed by atoms with E-state index < -0.39 is 10.3 Å². The number of aromatic nitrogens is 8. The number of anilines is 1. The van der Waals surface area contributed by atoms with Gasteiger partial charge in [-0.3, -0.25) is 9.27 Å². The Kier molecular flexibility index (Phi) is 7.39. The summed E-state index contributed by atoms with van der Waals surface area (Å²) >= 11 is 0. The van der Waals surface area contributed by atoms with Crippen LogP contribution >= 0.6 is 0 Å². The average Bonchev–Trinajstić information content (AvgIpc) is 3.76. The molecule has 2 aliphatic rings. The molecule has 0 aliphatic carbocycles. The van der Waals surface area contributed by atoms with Crippen LogP contribution in [0.4, 0.5) is 5.69 Å². The van der Waals surface area contributed by atoms with E-state index in [1.165, 1.54) is 6.07 Å². The molecule has 4 N–H and O–H groups in total. The molecule has 0 saturated heterocycles. The van der Waals surface area contributed by atoms with Gasteiger partial charge in [0.1, 0.15) is 22.6 Å². The number of benzene rings is 4. The fourth-order valence-corrected chi connectivity index (χ4v) is 6.36. The zero-order chi connectivity index (χ0) is 30.3.